The van der Waals surface area contributed by atoms with Crippen LogP contribution in [0.25, 0.3) is 0 Å². The highest BCUT2D eigenvalue weighted by Crippen LogP contribution is 2.36. The van der Waals surface area contributed by atoms with Crippen molar-refractivity contribution in [3.05, 3.63) is 82.1 Å². The van der Waals surface area contributed by atoms with Crippen molar-refractivity contribution in [2.24, 2.45) is 0 Å². The summed E-state index contributed by atoms with van der Waals surface area (Å²) in [5.74, 6) is -3.65. The Labute approximate surface area is 223 Å². The number of nitrogens with zero attached hydrogens (tertiary/aromatic N) is 2. The highest BCUT2D eigenvalue weighted by Gasteiger charge is 2.41. The molecule has 0 aromatic heterocycles. The van der Waals surface area contributed by atoms with Crippen molar-refractivity contribution in [2.45, 2.75) is 50.7 Å². The normalized spacial score (nSPS) is 26.1. The van der Waals surface area contributed by atoms with Gasteiger partial charge in [0.2, 0.25) is 0 Å². The summed E-state index contributed by atoms with van der Waals surface area (Å²) in [7, 11) is 2.00. The first-order valence-electron chi connectivity index (χ1n) is 12.4. The molecule has 1 aromatic rings. The molecular formula is C27H30F4N4O4. The quantitative estimate of drug-likeness (QED) is 0.418. The Hall–Kier alpha value is -3.64. The van der Waals surface area contributed by atoms with E-state index >= 15 is 0 Å². The van der Waals surface area contributed by atoms with Crippen molar-refractivity contribution < 1.29 is 37.4 Å². The topological polar surface area (TPSA) is 105 Å². The summed E-state index contributed by atoms with van der Waals surface area (Å²) >= 11 is 0. The van der Waals surface area contributed by atoms with E-state index in [2.05, 4.69) is 15.5 Å². The lowest BCUT2D eigenvalue weighted by atomic mass is 9.88. The first kappa shape index (κ1) is 28.4. The molecule has 0 radical (unpaired) electrons. The van der Waals surface area contributed by atoms with Crippen LogP contribution >= 0.6 is 0 Å². The number of amides is 1. The molecule has 3 unspecified atom stereocenters. The number of carboxylic acids is 1. The number of likely N-dealkylation sites (N-methyl/N-ethyl adjacent to an activating group) is 1. The van der Waals surface area contributed by atoms with E-state index in [1.807, 2.05) is 25.8 Å². The third-order valence-electron chi connectivity index (χ3n) is 7.39. The van der Waals surface area contributed by atoms with Gasteiger partial charge in [-0.15, -0.1) is 0 Å². The summed E-state index contributed by atoms with van der Waals surface area (Å²) in [5, 5.41) is 23.7. The van der Waals surface area contributed by atoms with Gasteiger partial charge in [-0.2, -0.15) is 13.2 Å². The van der Waals surface area contributed by atoms with Crippen LogP contribution in [-0.4, -0.2) is 76.5 Å². The van der Waals surface area contributed by atoms with Gasteiger partial charge in [0.05, 0.1) is 22.4 Å². The third-order valence-corrected chi connectivity index (χ3v) is 7.39. The number of hydrogen-bond acceptors (Lipinski definition) is 6. The minimum absolute atomic E-state index is 0.0599. The molecule has 4 N–H and O–H groups in total. The molecule has 12 heteroatoms. The first-order chi connectivity index (χ1) is 18.3. The SMILES string of the molecule is CC1CN(C2=C(NC(=O)C3=CNC(O)C=C3C(F)(F)F)CC(c3ccc(C(=O)O)cc3F)C=C2)C[C@@H](C)N1C. The van der Waals surface area contributed by atoms with Crippen LogP contribution in [0.15, 0.2) is 65.2 Å². The predicted octanol–water partition coefficient (Wildman–Crippen LogP) is 3.21. The minimum atomic E-state index is -4.88. The van der Waals surface area contributed by atoms with Gasteiger partial charge in [0.25, 0.3) is 5.91 Å². The highest BCUT2D eigenvalue weighted by atomic mass is 19.4. The summed E-state index contributed by atoms with van der Waals surface area (Å²) in [6.07, 6.45) is -1.60. The number of halogens is 4. The predicted molar refractivity (Wildman–Crippen MR) is 135 cm³/mol. The standard InChI is InChI=1S/C27H30F4N4O4/c1-14-12-35(13-15(2)34(14)3)23-7-5-16(18-6-4-17(26(38)39)8-21(18)28)9-22(23)33-25(37)19-11-32-24(36)10-20(19)27(29,30)31/h4-8,10-11,14-16,24,32,36H,9,12-13H2,1-3H3,(H,33,37)(H,38,39)/t14-,15?,16?,24?/m1/s1. The summed E-state index contributed by atoms with van der Waals surface area (Å²) in [4.78, 5) is 28.7. The largest absolute Gasteiger partial charge is 0.478 e. The second-order valence-electron chi connectivity index (χ2n) is 10.0. The Balaban J connectivity index is 1.69. The smallest absolute Gasteiger partial charge is 0.417 e. The van der Waals surface area contributed by atoms with Gasteiger partial charge in [0.15, 0.2) is 0 Å². The van der Waals surface area contributed by atoms with Crippen LogP contribution in [0.3, 0.4) is 0 Å². The van der Waals surface area contributed by atoms with Gasteiger partial charge in [0, 0.05) is 49.4 Å². The van der Waals surface area contributed by atoms with Crippen LogP contribution in [0.1, 0.15) is 42.1 Å². The van der Waals surface area contributed by atoms with Crippen molar-refractivity contribution in [1.29, 1.82) is 0 Å². The van der Waals surface area contributed by atoms with Crippen LogP contribution in [0, 0.1) is 5.82 Å². The van der Waals surface area contributed by atoms with Crippen molar-refractivity contribution >= 4 is 11.9 Å². The molecule has 39 heavy (non-hydrogen) atoms. The van der Waals surface area contributed by atoms with Crippen molar-refractivity contribution in [3.63, 3.8) is 0 Å². The molecule has 2 aliphatic heterocycles. The number of carbonyl (C=O) groups is 2. The molecule has 4 atom stereocenters. The molecule has 2 heterocycles. The number of piperazine rings is 1. The Kier molecular flexibility index (Phi) is 7.89. The Morgan fingerprint density at radius 3 is 2.41 bits per heavy atom. The number of aromatic carboxylic acids is 1. The number of hydrogen-bond donors (Lipinski definition) is 4. The number of carboxylic acid groups (broad SMARTS) is 1. The number of alkyl halides is 3. The maximum atomic E-state index is 14.9. The molecule has 1 aliphatic carbocycles. The second-order valence-corrected chi connectivity index (χ2v) is 10.0. The summed E-state index contributed by atoms with van der Waals surface area (Å²) in [6, 6.07) is 3.85. The van der Waals surface area contributed by atoms with Crippen LogP contribution in [0.5, 0.6) is 0 Å². The van der Waals surface area contributed by atoms with E-state index < -0.39 is 47.2 Å². The van der Waals surface area contributed by atoms with Crippen LogP contribution < -0.4 is 10.6 Å². The van der Waals surface area contributed by atoms with Gasteiger partial charge in [-0.25, -0.2) is 9.18 Å². The zero-order valence-corrected chi connectivity index (χ0v) is 21.6. The van der Waals surface area contributed by atoms with E-state index in [-0.39, 0.29) is 29.6 Å². The first-order valence-corrected chi connectivity index (χ1v) is 12.4. The lowest BCUT2D eigenvalue weighted by Crippen LogP contribution is -2.54. The fraction of sp³-hybridized carbons (Fsp3) is 0.407. The highest BCUT2D eigenvalue weighted by molar-refractivity contribution is 5.99. The molecule has 210 valence electrons. The average Bonchev–Trinajstić information content (AvgIpc) is 2.86. The van der Waals surface area contributed by atoms with Crippen molar-refractivity contribution in [1.82, 2.24) is 20.4 Å². The van der Waals surface area contributed by atoms with E-state index in [4.69, 9.17) is 5.11 Å². The molecule has 1 amide bonds. The molecule has 3 aliphatic rings. The zero-order chi connectivity index (χ0) is 28.6. The summed E-state index contributed by atoms with van der Waals surface area (Å²) in [6.45, 7) is 5.27. The number of aliphatic hydroxyl groups is 1. The van der Waals surface area contributed by atoms with Gasteiger partial charge >= 0.3 is 12.1 Å². The third kappa shape index (κ3) is 6.01. The number of carbonyl (C=O) groups excluding carboxylic acids is 1. The lowest BCUT2D eigenvalue weighted by molar-refractivity contribution is -0.119. The number of dihydropyridines is 1. The number of allylic oxidation sites excluding steroid dienone is 3. The van der Waals surface area contributed by atoms with E-state index in [1.165, 1.54) is 12.1 Å². The summed E-state index contributed by atoms with van der Waals surface area (Å²) in [5.41, 5.74) is -1.06. The molecule has 1 fully saturated rings. The zero-order valence-electron chi connectivity index (χ0n) is 21.6. The monoisotopic (exact) mass is 550 g/mol. The van der Waals surface area contributed by atoms with Gasteiger partial charge < -0.3 is 25.7 Å². The van der Waals surface area contributed by atoms with Gasteiger partial charge in [-0.1, -0.05) is 12.1 Å². The molecule has 1 aromatic carbocycles. The summed E-state index contributed by atoms with van der Waals surface area (Å²) < 4.78 is 55.9. The Morgan fingerprint density at radius 2 is 1.82 bits per heavy atom. The van der Waals surface area contributed by atoms with E-state index in [0.717, 1.165) is 12.3 Å². The molecule has 8 nitrogen and oxygen atoms in total. The number of nitrogens with one attached hydrogen (secondary N) is 2. The maximum absolute atomic E-state index is 14.9. The van der Waals surface area contributed by atoms with Crippen LogP contribution in [0.4, 0.5) is 17.6 Å². The molecule has 0 spiro atoms. The number of aliphatic hydroxyl groups excluding tert-OH is 1. The average molecular weight is 551 g/mol. The fourth-order valence-corrected chi connectivity index (χ4v) is 5.07. The molecule has 1 saturated heterocycles. The maximum Gasteiger partial charge on any atom is 0.417 e. The second kappa shape index (κ2) is 10.9. The van der Waals surface area contributed by atoms with Gasteiger partial charge in [-0.3, -0.25) is 9.69 Å². The van der Waals surface area contributed by atoms with Crippen molar-refractivity contribution in [3.8, 4) is 0 Å². The van der Waals surface area contributed by atoms with Gasteiger partial charge in [0.1, 0.15) is 12.0 Å². The molecule has 4 rings (SSSR count). The Bertz CT molecular complexity index is 1270. The van der Waals surface area contributed by atoms with Gasteiger partial charge in [-0.05, 0) is 50.7 Å². The Morgan fingerprint density at radius 1 is 1.15 bits per heavy atom. The van der Waals surface area contributed by atoms with E-state index in [0.29, 0.717) is 30.6 Å². The molecule has 0 saturated carbocycles. The van der Waals surface area contributed by atoms with Crippen LogP contribution in [-0.2, 0) is 4.79 Å². The number of benzene rings is 1. The number of rotatable bonds is 5. The van der Waals surface area contributed by atoms with E-state index in [1.54, 1.807) is 12.2 Å². The van der Waals surface area contributed by atoms with E-state index in [9.17, 15) is 32.3 Å². The van der Waals surface area contributed by atoms with Crippen molar-refractivity contribution in [2.75, 3.05) is 20.1 Å². The lowest BCUT2D eigenvalue weighted by Gasteiger charge is -2.45. The van der Waals surface area contributed by atoms with Crippen LogP contribution in [0.2, 0.25) is 0 Å². The molecule has 0 bridgehead atoms. The minimum Gasteiger partial charge on any atom is -0.478 e. The molecular weight excluding hydrogens is 520 g/mol. The fourth-order valence-electron chi connectivity index (χ4n) is 5.07.